The molecule has 0 amide bonds. The molecule has 1 heterocycles. The minimum absolute atomic E-state index is 0.0671. The van der Waals surface area contributed by atoms with Gasteiger partial charge in [0.05, 0.1) is 0 Å². The Morgan fingerprint density at radius 1 is 0.600 bits per heavy atom. The lowest BCUT2D eigenvalue weighted by molar-refractivity contribution is -0.705. The standard InChI is InChI=1S/C30H28NO4/c1-22(32)34-20-28(21-35-23(2)33)31-29(25-14-8-4-9-15-25)18-27(24-12-6-3-7-13-24)19-30(31)26-16-10-5-11-17-26/h3-19,28H,20-21H2,1-2H3/q+1. The molecule has 0 saturated carbocycles. The zero-order chi connectivity index (χ0) is 24.6. The summed E-state index contributed by atoms with van der Waals surface area (Å²) in [4.78, 5) is 23.5. The topological polar surface area (TPSA) is 56.5 Å². The maximum Gasteiger partial charge on any atom is 0.302 e. The minimum atomic E-state index is -0.432. The van der Waals surface area contributed by atoms with Crippen molar-refractivity contribution >= 4 is 11.9 Å². The number of carbonyl (C=O) groups excluding carboxylic acids is 2. The number of rotatable bonds is 8. The summed E-state index contributed by atoms with van der Waals surface area (Å²) >= 11 is 0. The van der Waals surface area contributed by atoms with Gasteiger partial charge in [-0.15, -0.1) is 0 Å². The summed E-state index contributed by atoms with van der Waals surface area (Å²) in [7, 11) is 0. The fourth-order valence-electron chi connectivity index (χ4n) is 4.08. The minimum Gasteiger partial charge on any atom is -0.459 e. The van der Waals surface area contributed by atoms with E-state index in [9.17, 15) is 9.59 Å². The van der Waals surface area contributed by atoms with Gasteiger partial charge in [-0.25, -0.2) is 0 Å². The van der Waals surface area contributed by atoms with E-state index < -0.39 is 6.04 Å². The molecule has 0 aliphatic rings. The molecule has 4 aromatic rings. The van der Waals surface area contributed by atoms with Gasteiger partial charge < -0.3 is 9.47 Å². The summed E-state index contributed by atoms with van der Waals surface area (Å²) in [6, 6.07) is 34.1. The van der Waals surface area contributed by atoms with E-state index in [-0.39, 0.29) is 25.2 Å². The first-order valence-electron chi connectivity index (χ1n) is 11.6. The fourth-order valence-corrected chi connectivity index (χ4v) is 4.08. The Balaban J connectivity index is 2.00. The van der Waals surface area contributed by atoms with Gasteiger partial charge in [0.1, 0.15) is 0 Å². The van der Waals surface area contributed by atoms with Crippen molar-refractivity contribution in [3.05, 3.63) is 103 Å². The van der Waals surface area contributed by atoms with Crippen LogP contribution in [0.5, 0.6) is 0 Å². The third kappa shape index (κ3) is 6.01. The highest BCUT2D eigenvalue weighted by Gasteiger charge is 2.32. The van der Waals surface area contributed by atoms with Gasteiger partial charge in [0.25, 0.3) is 0 Å². The summed E-state index contributed by atoms with van der Waals surface area (Å²) in [5, 5.41) is 0. The van der Waals surface area contributed by atoms with Crippen molar-refractivity contribution in [3.8, 4) is 33.6 Å². The molecule has 1 aromatic heterocycles. The Kier molecular flexibility index (Phi) is 7.68. The molecule has 0 fully saturated rings. The molecule has 0 bridgehead atoms. The molecule has 5 heteroatoms. The molecule has 0 saturated heterocycles. The summed E-state index contributed by atoms with van der Waals surface area (Å²) in [6.45, 7) is 2.89. The molecule has 35 heavy (non-hydrogen) atoms. The summed E-state index contributed by atoms with van der Waals surface area (Å²) in [6.07, 6.45) is 0. The normalized spacial score (nSPS) is 10.7. The number of benzene rings is 3. The monoisotopic (exact) mass is 466 g/mol. The van der Waals surface area contributed by atoms with Crippen LogP contribution >= 0.6 is 0 Å². The van der Waals surface area contributed by atoms with Crippen LogP contribution in [0, 0.1) is 0 Å². The van der Waals surface area contributed by atoms with Gasteiger partial charge in [-0.1, -0.05) is 66.7 Å². The number of nitrogens with zero attached hydrogens (tertiary/aromatic N) is 1. The van der Waals surface area contributed by atoms with Gasteiger partial charge >= 0.3 is 11.9 Å². The molecular weight excluding hydrogens is 438 g/mol. The number of hydrogen-bond acceptors (Lipinski definition) is 4. The van der Waals surface area contributed by atoms with Gasteiger partial charge in [-0.3, -0.25) is 9.59 Å². The summed E-state index contributed by atoms with van der Waals surface area (Å²) in [5.74, 6) is -0.774. The lowest BCUT2D eigenvalue weighted by Crippen LogP contribution is -2.48. The van der Waals surface area contributed by atoms with E-state index in [1.165, 1.54) is 13.8 Å². The maximum atomic E-state index is 11.7. The molecule has 0 radical (unpaired) electrons. The van der Waals surface area contributed by atoms with Gasteiger partial charge in [0, 0.05) is 37.1 Å². The van der Waals surface area contributed by atoms with Crippen LogP contribution < -0.4 is 4.57 Å². The van der Waals surface area contributed by atoms with E-state index in [0.29, 0.717) is 0 Å². The number of carbonyl (C=O) groups is 2. The van der Waals surface area contributed by atoms with Crippen LogP contribution in [0.25, 0.3) is 33.6 Å². The maximum absolute atomic E-state index is 11.7. The van der Waals surface area contributed by atoms with Crippen LogP contribution in [0.4, 0.5) is 0 Å². The second-order valence-electron chi connectivity index (χ2n) is 8.24. The smallest absolute Gasteiger partial charge is 0.302 e. The van der Waals surface area contributed by atoms with E-state index in [0.717, 1.165) is 33.6 Å². The average molecular weight is 467 g/mol. The van der Waals surface area contributed by atoms with Crippen LogP contribution in [0.3, 0.4) is 0 Å². The van der Waals surface area contributed by atoms with Crippen molar-refractivity contribution in [2.24, 2.45) is 0 Å². The quantitative estimate of drug-likeness (QED) is 0.249. The number of aromatic nitrogens is 1. The molecule has 5 nitrogen and oxygen atoms in total. The highest BCUT2D eigenvalue weighted by atomic mass is 16.5. The third-order valence-electron chi connectivity index (χ3n) is 5.67. The van der Waals surface area contributed by atoms with Gasteiger partial charge in [-0.05, 0) is 35.4 Å². The molecule has 0 unspecified atom stereocenters. The van der Waals surface area contributed by atoms with Crippen LogP contribution in [0.2, 0.25) is 0 Å². The molecule has 4 rings (SSSR count). The fraction of sp³-hybridized carbons (Fsp3) is 0.167. The lowest BCUT2D eigenvalue weighted by Gasteiger charge is -2.19. The van der Waals surface area contributed by atoms with Crippen molar-refractivity contribution in [1.29, 1.82) is 0 Å². The van der Waals surface area contributed by atoms with E-state index in [1.807, 2.05) is 78.9 Å². The molecule has 3 aromatic carbocycles. The van der Waals surface area contributed by atoms with Gasteiger partial charge in [-0.2, -0.15) is 4.57 Å². The summed E-state index contributed by atoms with van der Waals surface area (Å²) in [5.41, 5.74) is 5.99. The predicted octanol–water partition coefficient (Wildman–Crippen LogP) is 5.64. The van der Waals surface area contributed by atoms with Crippen LogP contribution in [-0.2, 0) is 19.1 Å². The van der Waals surface area contributed by atoms with Crippen LogP contribution in [0.1, 0.15) is 19.9 Å². The Bertz CT molecular complexity index is 1210. The molecule has 0 aliphatic heterocycles. The van der Waals surface area contributed by atoms with E-state index >= 15 is 0 Å². The zero-order valence-corrected chi connectivity index (χ0v) is 19.9. The Labute approximate surface area is 205 Å². The Morgan fingerprint density at radius 3 is 1.34 bits per heavy atom. The van der Waals surface area contributed by atoms with Crippen molar-refractivity contribution in [3.63, 3.8) is 0 Å². The SMILES string of the molecule is CC(=O)OCC(COC(C)=O)[n+]1c(-c2ccccc2)cc(-c2ccccc2)cc1-c1ccccc1. The molecular formula is C30H28NO4+. The largest absolute Gasteiger partial charge is 0.459 e. The number of pyridine rings is 1. The molecule has 176 valence electrons. The van der Waals surface area contributed by atoms with E-state index in [4.69, 9.17) is 9.47 Å². The van der Waals surface area contributed by atoms with Crippen molar-refractivity contribution in [2.45, 2.75) is 19.9 Å². The van der Waals surface area contributed by atoms with Crippen LogP contribution in [-0.4, -0.2) is 25.2 Å². The Hall–Kier alpha value is -4.25. The first kappa shape index (κ1) is 23.9. The van der Waals surface area contributed by atoms with Crippen molar-refractivity contribution < 1.29 is 23.6 Å². The second-order valence-corrected chi connectivity index (χ2v) is 8.24. The first-order valence-corrected chi connectivity index (χ1v) is 11.6. The summed E-state index contributed by atoms with van der Waals surface area (Å²) < 4.78 is 13.0. The highest BCUT2D eigenvalue weighted by molar-refractivity contribution is 5.73. The Morgan fingerprint density at radius 2 is 0.971 bits per heavy atom. The highest BCUT2D eigenvalue weighted by Crippen LogP contribution is 2.30. The number of ether oxygens (including phenoxy) is 2. The van der Waals surface area contributed by atoms with Crippen molar-refractivity contribution in [2.75, 3.05) is 13.2 Å². The second kappa shape index (κ2) is 11.3. The van der Waals surface area contributed by atoms with Gasteiger partial charge in [0.15, 0.2) is 13.2 Å². The van der Waals surface area contributed by atoms with Crippen LogP contribution in [0.15, 0.2) is 103 Å². The molecule has 0 N–H and O–H groups in total. The third-order valence-corrected chi connectivity index (χ3v) is 5.67. The zero-order valence-electron chi connectivity index (χ0n) is 19.9. The molecule has 0 atom stereocenters. The average Bonchev–Trinajstić information content (AvgIpc) is 2.89. The van der Waals surface area contributed by atoms with E-state index in [1.54, 1.807) is 0 Å². The molecule has 0 spiro atoms. The lowest BCUT2D eigenvalue weighted by atomic mass is 9.98. The number of hydrogen-bond donors (Lipinski definition) is 0. The van der Waals surface area contributed by atoms with Gasteiger partial charge in [0.2, 0.25) is 17.4 Å². The van der Waals surface area contributed by atoms with E-state index in [2.05, 4.69) is 28.8 Å². The number of esters is 2. The molecule has 0 aliphatic carbocycles. The van der Waals surface area contributed by atoms with Crippen molar-refractivity contribution in [1.82, 2.24) is 0 Å². The predicted molar refractivity (Wildman–Crippen MR) is 135 cm³/mol. The first-order chi connectivity index (χ1) is 17.0.